The van der Waals surface area contributed by atoms with Gasteiger partial charge in [-0.25, -0.2) is 0 Å². The molecule has 57 heavy (non-hydrogen) atoms. The van der Waals surface area contributed by atoms with Crippen molar-refractivity contribution >= 4 is 40.3 Å². The SMILES string of the molecule is NCCCC[C@H](NCCCc1ccc(O)cc1NC(=O)[C@H](Cc1ccc(O)cc1)NCCCCCCN=C(N)N)C(=O)N[C@@H](Cc1c[nH]c2ccccc12)C(N)=O. The standard InChI is InChI=1S/C42H60N10O5/c43-20-6-5-13-35(40(56)52-37(39(44)55)25-30-27-50-34-12-4-3-11-33(30)34)47-23-9-10-29-16-19-32(54)26-36(29)51-41(57)38(24-28-14-17-31(53)18-15-28)48-21-7-1-2-8-22-49-42(45)46/h3-4,11-12,14-19,26-27,35,37-38,47-48,50,53-54H,1-2,5-10,13,20-25,43H2,(H2,44,55)(H,51,57)(H,52,56)(H4,45,46,49)/t35-,37-,38-/m0/s1. The lowest BCUT2D eigenvalue weighted by Gasteiger charge is -2.22. The normalized spacial score (nSPS) is 12.8. The number of primary amides is 1. The second kappa shape index (κ2) is 23.4. The van der Waals surface area contributed by atoms with E-state index in [9.17, 15) is 24.6 Å². The van der Waals surface area contributed by atoms with Crippen molar-refractivity contribution in [3.8, 4) is 11.5 Å². The molecule has 0 radical (unpaired) electrons. The molecule has 1 heterocycles. The van der Waals surface area contributed by atoms with Crippen LogP contribution in [-0.2, 0) is 33.6 Å². The van der Waals surface area contributed by atoms with E-state index in [0.29, 0.717) is 57.5 Å². The first-order valence-electron chi connectivity index (χ1n) is 19.8. The lowest BCUT2D eigenvalue weighted by atomic mass is 10.0. The van der Waals surface area contributed by atoms with Crippen molar-refractivity contribution < 1.29 is 24.6 Å². The third-order valence-electron chi connectivity index (χ3n) is 9.85. The van der Waals surface area contributed by atoms with Crippen LogP contribution >= 0.6 is 0 Å². The molecule has 3 aromatic carbocycles. The number of aromatic amines is 1. The highest BCUT2D eigenvalue weighted by Crippen LogP contribution is 2.24. The van der Waals surface area contributed by atoms with Gasteiger partial charge in [0.15, 0.2) is 5.96 Å². The Balaban J connectivity index is 1.36. The molecule has 15 heteroatoms. The number of hydrogen-bond donors (Lipinski definition) is 11. The fourth-order valence-electron chi connectivity index (χ4n) is 6.71. The Morgan fingerprint density at radius 3 is 2.19 bits per heavy atom. The predicted molar refractivity (Wildman–Crippen MR) is 226 cm³/mol. The number of carbonyl (C=O) groups is 3. The summed E-state index contributed by atoms with van der Waals surface area (Å²) in [5.74, 6) is -0.938. The molecule has 0 aliphatic heterocycles. The summed E-state index contributed by atoms with van der Waals surface area (Å²) in [6.07, 6.45) is 9.24. The number of aromatic nitrogens is 1. The maximum atomic E-state index is 13.8. The molecule has 0 aliphatic carbocycles. The summed E-state index contributed by atoms with van der Waals surface area (Å²) >= 11 is 0. The molecule has 0 spiro atoms. The monoisotopic (exact) mass is 784 g/mol. The second-order valence-electron chi connectivity index (χ2n) is 14.4. The number of phenolic OH excluding ortho intramolecular Hbond substituents is 2. The van der Waals surface area contributed by atoms with Crippen LogP contribution in [-0.4, -0.2) is 83.2 Å². The molecule has 0 fully saturated rings. The topological polar surface area (TPSA) is 272 Å². The third kappa shape index (κ3) is 15.1. The summed E-state index contributed by atoms with van der Waals surface area (Å²) in [7, 11) is 0. The van der Waals surface area contributed by atoms with Gasteiger partial charge in [-0.05, 0) is 106 Å². The number of para-hydroxylation sites is 1. The van der Waals surface area contributed by atoms with Crippen molar-refractivity contribution in [3.63, 3.8) is 0 Å². The Morgan fingerprint density at radius 2 is 1.44 bits per heavy atom. The van der Waals surface area contributed by atoms with Crippen LogP contribution in [0.5, 0.6) is 11.5 Å². The number of aromatic hydroxyl groups is 2. The van der Waals surface area contributed by atoms with E-state index in [4.69, 9.17) is 22.9 Å². The number of hydrogen-bond acceptors (Lipinski definition) is 9. The number of amides is 3. The fourth-order valence-corrected chi connectivity index (χ4v) is 6.71. The predicted octanol–water partition coefficient (Wildman–Crippen LogP) is 2.78. The van der Waals surface area contributed by atoms with Gasteiger partial charge < -0.3 is 59.4 Å². The number of carbonyl (C=O) groups excluding carboxylic acids is 3. The maximum Gasteiger partial charge on any atom is 0.241 e. The number of fused-ring (bicyclic) bond motifs is 1. The van der Waals surface area contributed by atoms with Gasteiger partial charge in [0.2, 0.25) is 17.7 Å². The van der Waals surface area contributed by atoms with Gasteiger partial charge in [0.05, 0.1) is 12.1 Å². The number of nitrogens with one attached hydrogen (secondary N) is 5. The van der Waals surface area contributed by atoms with E-state index in [1.165, 1.54) is 6.07 Å². The number of unbranched alkanes of at least 4 members (excludes halogenated alkanes) is 4. The van der Waals surface area contributed by atoms with Crippen LogP contribution in [0.25, 0.3) is 10.9 Å². The molecule has 308 valence electrons. The number of H-pyrrole nitrogens is 1. The minimum atomic E-state index is -0.895. The van der Waals surface area contributed by atoms with Gasteiger partial charge in [-0.3, -0.25) is 19.4 Å². The first-order chi connectivity index (χ1) is 27.5. The Kier molecular flexibility index (Phi) is 18.1. The number of guanidine groups is 1. The molecular formula is C42H60N10O5. The van der Waals surface area contributed by atoms with Gasteiger partial charge in [0.25, 0.3) is 0 Å². The number of aryl methyl sites for hydroxylation is 1. The lowest BCUT2D eigenvalue weighted by Crippen LogP contribution is -2.52. The number of rotatable bonds is 26. The van der Waals surface area contributed by atoms with E-state index in [-0.39, 0.29) is 35.7 Å². The average Bonchev–Trinajstić information content (AvgIpc) is 3.59. The Morgan fingerprint density at radius 1 is 0.719 bits per heavy atom. The van der Waals surface area contributed by atoms with E-state index >= 15 is 0 Å². The molecule has 0 bridgehead atoms. The zero-order valence-corrected chi connectivity index (χ0v) is 32.6. The van der Waals surface area contributed by atoms with Crippen LogP contribution in [0.1, 0.15) is 68.1 Å². The Labute approximate surface area is 334 Å². The van der Waals surface area contributed by atoms with Crippen LogP contribution < -0.4 is 44.2 Å². The molecule has 0 aliphatic rings. The van der Waals surface area contributed by atoms with Crippen molar-refractivity contribution in [1.82, 2.24) is 20.9 Å². The van der Waals surface area contributed by atoms with Crippen LogP contribution in [0.15, 0.2) is 77.9 Å². The van der Waals surface area contributed by atoms with E-state index in [1.54, 1.807) is 36.4 Å². The minimum absolute atomic E-state index is 0.0178. The smallest absolute Gasteiger partial charge is 0.241 e. The number of benzene rings is 3. The molecule has 4 rings (SSSR count). The van der Waals surface area contributed by atoms with Gasteiger partial charge >= 0.3 is 0 Å². The Bertz CT molecular complexity index is 1890. The molecule has 0 saturated heterocycles. The first kappa shape index (κ1) is 44.1. The molecule has 0 saturated carbocycles. The van der Waals surface area contributed by atoms with Gasteiger partial charge in [-0.1, -0.05) is 55.7 Å². The van der Waals surface area contributed by atoms with Gasteiger partial charge in [-0.15, -0.1) is 0 Å². The van der Waals surface area contributed by atoms with Gasteiger partial charge in [-0.2, -0.15) is 0 Å². The van der Waals surface area contributed by atoms with Crippen molar-refractivity contribution in [2.75, 3.05) is 31.5 Å². The van der Waals surface area contributed by atoms with E-state index in [0.717, 1.165) is 66.1 Å². The van der Waals surface area contributed by atoms with E-state index < -0.39 is 24.0 Å². The van der Waals surface area contributed by atoms with Crippen LogP contribution in [0.2, 0.25) is 0 Å². The van der Waals surface area contributed by atoms with E-state index in [1.807, 2.05) is 30.5 Å². The highest BCUT2D eigenvalue weighted by atomic mass is 16.3. The average molecular weight is 785 g/mol. The lowest BCUT2D eigenvalue weighted by molar-refractivity contribution is -0.128. The number of aliphatic imine (C=N–C) groups is 1. The van der Waals surface area contributed by atoms with Crippen LogP contribution in [0, 0.1) is 0 Å². The number of nitrogens with two attached hydrogens (primary N) is 4. The molecule has 0 unspecified atom stereocenters. The molecule has 3 atom stereocenters. The summed E-state index contributed by atoms with van der Waals surface area (Å²) in [5, 5.41) is 33.8. The summed E-state index contributed by atoms with van der Waals surface area (Å²) in [4.78, 5) is 47.1. The summed E-state index contributed by atoms with van der Waals surface area (Å²) < 4.78 is 0. The molecule has 3 amide bonds. The zero-order chi connectivity index (χ0) is 41.0. The van der Waals surface area contributed by atoms with Gasteiger partial charge in [0, 0.05) is 41.8 Å². The van der Waals surface area contributed by atoms with Crippen LogP contribution in [0.3, 0.4) is 0 Å². The zero-order valence-electron chi connectivity index (χ0n) is 32.6. The molecule has 1 aromatic heterocycles. The Hall–Kier alpha value is -5.64. The van der Waals surface area contributed by atoms with Crippen molar-refractivity contribution in [1.29, 1.82) is 0 Å². The first-order valence-corrected chi connectivity index (χ1v) is 19.8. The van der Waals surface area contributed by atoms with Crippen LogP contribution in [0.4, 0.5) is 5.69 Å². The molecule has 15 nitrogen and oxygen atoms in total. The highest BCUT2D eigenvalue weighted by Gasteiger charge is 2.25. The molecule has 15 N–H and O–H groups in total. The largest absolute Gasteiger partial charge is 0.508 e. The summed E-state index contributed by atoms with van der Waals surface area (Å²) in [5.41, 5.74) is 26.3. The molecular weight excluding hydrogens is 725 g/mol. The third-order valence-corrected chi connectivity index (χ3v) is 9.85. The summed E-state index contributed by atoms with van der Waals surface area (Å²) in [6, 6.07) is 17.4. The minimum Gasteiger partial charge on any atom is -0.508 e. The maximum absolute atomic E-state index is 13.8. The number of nitrogens with zero attached hydrogens (tertiary/aromatic N) is 1. The number of phenols is 2. The summed E-state index contributed by atoms with van der Waals surface area (Å²) in [6.45, 7) is 2.16. The van der Waals surface area contributed by atoms with E-state index in [2.05, 4.69) is 31.2 Å². The van der Waals surface area contributed by atoms with Crippen molar-refractivity contribution in [2.24, 2.45) is 27.9 Å². The van der Waals surface area contributed by atoms with Crippen molar-refractivity contribution in [2.45, 2.75) is 88.8 Å². The second-order valence-corrected chi connectivity index (χ2v) is 14.4. The number of anilines is 1. The van der Waals surface area contributed by atoms with Gasteiger partial charge in [0.1, 0.15) is 17.5 Å². The fraction of sp³-hybridized carbons (Fsp3) is 0.429. The molecule has 4 aromatic rings. The quantitative estimate of drug-likeness (QED) is 0.0252. The van der Waals surface area contributed by atoms with Crippen molar-refractivity contribution in [3.05, 3.63) is 89.6 Å². The highest BCUT2D eigenvalue weighted by molar-refractivity contribution is 5.96.